The normalized spacial score (nSPS) is 10.9. The van der Waals surface area contributed by atoms with E-state index < -0.39 is 0 Å². The van der Waals surface area contributed by atoms with E-state index in [9.17, 15) is 0 Å². The molecule has 26 heavy (non-hydrogen) atoms. The van der Waals surface area contributed by atoms with Crippen LogP contribution in [-0.4, -0.2) is 60.2 Å². The topological polar surface area (TPSA) is 103 Å². The molecule has 0 unspecified atom stereocenters. The Morgan fingerprint density at radius 2 is 1.92 bits per heavy atom. The van der Waals surface area contributed by atoms with Gasteiger partial charge in [-0.25, -0.2) is 10.1 Å². The Morgan fingerprint density at radius 3 is 2.46 bits per heavy atom. The number of alkyl halides is 2. The zero-order valence-electron chi connectivity index (χ0n) is 14.5. The molecule has 0 amide bonds. The van der Waals surface area contributed by atoms with Crippen molar-refractivity contribution in [2.75, 3.05) is 55.2 Å². The maximum absolute atomic E-state index is 5.90. The van der Waals surface area contributed by atoms with Crippen LogP contribution in [0.4, 0.5) is 11.6 Å². The summed E-state index contributed by atoms with van der Waals surface area (Å²) in [4.78, 5) is 2.04. The Balaban J connectivity index is 2.30. The predicted octanol–water partition coefficient (Wildman–Crippen LogP) is 1.74. The van der Waals surface area contributed by atoms with Gasteiger partial charge >= 0.3 is 0 Å². The third-order valence-electron chi connectivity index (χ3n) is 3.52. The minimum Gasteiger partial charge on any atom is -0.496 e. The fourth-order valence-corrected chi connectivity index (χ4v) is 2.70. The van der Waals surface area contributed by atoms with Gasteiger partial charge in [-0.15, -0.1) is 33.4 Å². The fraction of sp³-hybridized carbons (Fsp3) is 0.400. The summed E-state index contributed by atoms with van der Waals surface area (Å²) in [5.74, 6) is 8.13. The van der Waals surface area contributed by atoms with Crippen LogP contribution in [0, 0.1) is 0 Å². The maximum atomic E-state index is 5.90. The van der Waals surface area contributed by atoms with Gasteiger partial charge in [-0.05, 0) is 6.07 Å². The van der Waals surface area contributed by atoms with Crippen molar-refractivity contribution in [1.82, 2.24) is 14.9 Å². The van der Waals surface area contributed by atoms with Gasteiger partial charge in [-0.1, -0.05) is 0 Å². The number of hydrogen-bond acceptors (Lipinski definition) is 8. The molecular weight excluding hydrogens is 381 g/mol. The van der Waals surface area contributed by atoms with E-state index in [1.54, 1.807) is 20.4 Å². The van der Waals surface area contributed by atoms with E-state index >= 15 is 0 Å². The highest BCUT2D eigenvalue weighted by molar-refractivity contribution is 6.18. The first-order valence-corrected chi connectivity index (χ1v) is 8.78. The van der Waals surface area contributed by atoms with Gasteiger partial charge in [0.1, 0.15) is 17.8 Å². The van der Waals surface area contributed by atoms with Crippen LogP contribution in [0.2, 0.25) is 0 Å². The summed E-state index contributed by atoms with van der Waals surface area (Å²) in [5, 5.41) is 11.5. The number of nitrogens with one attached hydrogen (secondary N) is 1. The molecule has 1 heterocycles. The van der Waals surface area contributed by atoms with Gasteiger partial charge in [0.15, 0.2) is 0 Å². The first-order chi connectivity index (χ1) is 12.6. The molecule has 142 valence electrons. The summed E-state index contributed by atoms with van der Waals surface area (Å²) in [6.45, 7) is 1.27. The molecule has 0 spiro atoms. The van der Waals surface area contributed by atoms with Gasteiger partial charge in [-0.2, -0.15) is 5.10 Å². The second-order valence-electron chi connectivity index (χ2n) is 5.06. The van der Waals surface area contributed by atoms with E-state index in [1.165, 1.54) is 11.0 Å². The summed E-state index contributed by atoms with van der Waals surface area (Å²) in [6, 6.07) is 3.69. The first kappa shape index (κ1) is 19.9. The highest BCUT2D eigenvalue weighted by Gasteiger charge is 2.16. The van der Waals surface area contributed by atoms with Gasteiger partial charge in [-0.3, -0.25) is 0 Å². The van der Waals surface area contributed by atoms with Gasteiger partial charge in [0, 0.05) is 36.5 Å². The number of methoxy groups -OCH3 is 2. The lowest BCUT2D eigenvalue weighted by Gasteiger charge is -2.26. The van der Waals surface area contributed by atoms with Crippen molar-refractivity contribution >= 4 is 41.1 Å². The molecular formula is C15H21Cl2N7O2. The lowest BCUT2D eigenvalue weighted by atomic mass is 10.1. The van der Waals surface area contributed by atoms with Crippen LogP contribution in [-0.2, 0) is 0 Å². The highest BCUT2D eigenvalue weighted by atomic mass is 35.5. The molecule has 0 aliphatic carbocycles. The number of hydrazone groups is 1. The highest BCUT2D eigenvalue weighted by Crippen LogP contribution is 2.35. The number of anilines is 2. The Labute approximate surface area is 161 Å². The van der Waals surface area contributed by atoms with Crippen LogP contribution in [0.25, 0.3) is 0 Å². The molecule has 1 aromatic heterocycles. The van der Waals surface area contributed by atoms with Crippen LogP contribution in [0.15, 0.2) is 23.6 Å². The smallest absolute Gasteiger partial charge is 0.263 e. The van der Waals surface area contributed by atoms with Crippen LogP contribution in [0.3, 0.4) is 0 Å². The number of ether oxygens (including phenoxy) is 2. The van der Waals surface area contributed by atoms with Crippen molar-refractivity contribution in [3.05, 3.63) is 24.0 Å². The van der Waals surface area contributed by atoms with Crippen LogP contribution >= 0.6 is 23.2 Å². The molecule has 0 bridgehead atoms. The summed E-state index contributed by atoms with van der Waals surface area (Å²) in [5.41, 5.74) is 4.25. The number of nitrogens with zero attached hydrogens (tertiary/aromatic N) is 5. The van der Waals surface area contributed by atoms with Gasteiger partial charge in [0.25, 0.3) is 5.95 Å². The zero-order valence-corrected chi connectivity index (χ0v) is 16.0. The monoisotopic (exact) mass is 401 g/mol. The van der Waals surface area contributed by atoms with Crippen molar-refractivity contribution in [2.24, 2.45) is 5.10 Å². The van der Waals surface area contributed by atoms with E-state index in [1.807, 2.05) is 17.0 Å². The Morgan fingerprint density at radius 1 is 1.23 bits per heavy atom. The number of benzene rings is 1. The molecule has 2 rings (SSSR count). The summed E-state index contributed by atoms with van der Waals surface area (Å²) in [7, 11) is 3.18. The average molecular weight is 402 g/mol. The molecule has 0 fully saturated rings. The number of aromatic nitrogens is 3. The van der Waals surface area contributed by atoms with E-state index in [2.05, 4.69) is 20.7 Å². The quantitative estimate of drug-likeness (QED) is 0.270. The number of nitrogens with two attached hydrogens (primary N) is 1. The maximum Gasteiger partial charge on any atom is 0.263 e. The second-order valence-corrected chi connectivity index (χ2v) is 5.82. The van der Waals surface area contributed by atoms with Crippen molar-refractivity contribution in [3.8, 4) is 11.5 Å². The van der Waals surface area contributed by atoms with Gasteiger partial charge in [0.05, 0.1) is 26.1 Å². The molecule has 0 radical (unpaired) electrons. The van der Waals surface area contributed by atoms with Gasteiger partial charge in [0.2, 0.25) is 0 Å². The molecule has 0 saturated heterocycles. The van der Waals surface area contributed by atoms with Crippen molar-refractivity contribution in [1.29, 1.82) is 0 Å². The van der Waals surface area contributed by atoms with Crippen molar-refractivity contribution in [2.45, 2.75) is 0 Å². The van der Waals surface area contributed by atoms with E-state index in [0.29, 0.717) is 47.9 Å². The summed E-state index contributed by atoms with van der Waals surface area (Å²) >= 11 is 11.8. The molecule has 0 atom stereocenters. The van der Waals surface area contributed by atoms with E-state index in [-0.39, 0.29) is 0 Å². The Kier molecular flexibility index (Phi) is 7.61. The Hall–Kier alpha value is -2.39. The molecule has 0 aliphatic rings. The minimum absolute atomic E-state index is 0.305. The number of halogens is 2. The van der Waals surface area contributed by atoms with Crippen LogP contribution < -0.4 is 25.6 Å². The first-order valence-electron chi connectivity index (χ1n) is 7.71. The number of rotatable bonds is 10. The largest absolute Gasteiger partial charge is 0.496 e. The zero-order chi connectivity index (χ0) is 18.9. The molecule has 9 nitrogen and oxygen atoms in total. The van der Waals surface area contributed by atoms with E-state index in [4.69, 9.17) is 38.5 Å². The molecule has 0 aliphatic heterocycles. The summed E-state index contributed by atoms with van der Waals surface area (Å²) in [6.07, 6.45) is 2.94. The standard InChI is InChI=1S/C15H21Cl2N7O2/c1-25-13-8-12(23(5-3-16)6-4-17)14(26-2)7-11(13)9-19-21-15-22-20-10-24(15)18/h7-10H,3-6,18H2,1-2H3,(H,21,22)/b19-9-. The summed E-state index contributed by atoms with van der Waals surface area (Å²) < 4.78 is 12.2. The molecule has 1 aromatic carbocycles. The molecule has 3 N–H and O–H groups in total. The van der Waals surface area contributed by atoms with Crippen molar-refractivity contribution < 1.29 is 9.47 Å². The minimum atomic E-state index is 0.305. The molecule has 2 aromatic rings. The lowest BCUT2D eigenvalue weighted by Crippen LogP contribution is -2.28. The number of nitrogen functional groups attached to an aromatic ring is 1. The molecule has 11 heteroatoms. The third kappa shape index (κ3) is 4.83. The van der Waals surface area contributed by atoms with Crippen LogP contribution in [0.1, 0.15) is 5.56 Å². The van der Waals surface area contributed by atoms with Crippen molar-refractivity contribution in [3.63, 3.8) is 0 Å². The molecule has 0 saturated carbocycles. The average Bonchev–Trinajstić information content (AvgIpc) is 3.06. The van der Waals surface area contributed by atoms with E-state index in [0.717, 1.165) is 5.69 Å². The SMILES string of the molecule is COc1cc(N(CCCl)CCCl)c(OC)cc1/C=N\Nc1nncn1N. The lowest BCUT2D eigenvalue weighted by molar-refractivity contribution is 0.402. The third-order valence-corrected chi connectivity index (χ3v) is 3.86. The predicted molar refractivity (Wildman–Crippen MR) is 105 cm³/mol. The Bertz CT molecular complexity index is 733. The van der Waals surface area contributed by atoms with Gasteiger partial charge < -0.3 is 20.2 Å². The fourth-order valence-electron chi connectivity index (χ4n) is 2.29. The van der Waals surface area contributed by atoms with Crippen LogP contribution in [0.5, 0.6) is 11.5 Å². The number of hydrogen-bond donors (Lipinski definition) is 2. The second kappa shape index (κ2) is 9.93.